The van der Waals surface area contributed by atoms with E-state index in [-0.39, 0.29) is 6.04 Å². The van der Waals surface area contributed by atoms with Gasteiger partial charge in [0, 0.05) is 24.6 Å². The highest BCUT2D eigenvalue weighted by Gasteiger charge is 2.04. The van der Waals surface area contributed by atoms with Crippen molar-refractivity contribution in [1.29, 1.82) is 0 Å². The maximum Gasteiger partial charge on any atom is 0.0966 e. The molecule has 4 heteroatoms. The number of nitrogens with two attached hydrogens (primary N) is 1. The summed E-state index contributed by atoms with van der Waals surface area (Å²) in [5.74, 6) is 0.837. The first-order valence-corrected chi connectivity index (χ1v) is 5.93. The molecule has 84 valence electrons. The third kappa shape index (κ3) is 4.64. The van der Waals surface area contributed by atoms with Crippen LogP contribution < -0.4 is 5.73 Å². The summed E-state index contributed by atoms with van der Waals surface area (Å²) in [5.41, 5.74) is 8.13. The second-order valence-corrected chi connectivity index (χ2v) is 4.69. The Balaban J connectivity index is 2.50. The zero-order chi connectivity index (χ0) is 11.3. The molecule has 0 spiro atoms. The van der Waals surface area contributed by atoms with E-state index in [1.54, 1.807) is 18.9 Å². The molecular weight excluding hydrogens is 208 g/mol. The van der Waals surface area contributed by atoms with E-state index in [0.717, 1.165) is 16.5 Å². The molecule has 0 aromatic carbocycles. The molecule has 0 aliphatic carbocycles. The summed E-state index contributed by atoms with van der Waals surface area (Å²) in [5, 5.41) is 1.04. The SMILES string of the molecule is COCC(N)CSc1cc(C)cc(C)n1. The van der Waals surface area contributed by atoms with Gasteiger partial charge >= 0.3 is 0 Å². The molecule has 1 aromatic rings. The van der Waals surface area contributed by atoms with Crippen molar-refractivity contribution in [2.45, 2.75) is 24.9 Å². The Hall–Kier alpha value is -0.580. The van der Waals surface area contributed by atoms with E-state index in [1.165, 1.54) is 5.56 Å². The molecule has 0 aliphatic rings. The lowest BCUT2D eigenvalue weighted by Gasteiger charge is -2.09. The molecule has 0 bridgehead atoms. The van der Waals surface area contributed by atoms with Crippen LogP contribution in [0.3, 0.4) is 0 Å². The Bertz CT molecular complexity index is 297. The minimum atomic E-state index is 0.0719. The van der Waals surface area contributed by atoms with Crippen molar-refractivity contribution in [2.75, 3.05) is 19.5 Å². The molecule has 0 fully saturated rings. The molecule has 1 rings (SSSR count). The fourth-order valence-electron chi connectivity index (χ4n) is 1.33. The first kappa shape index (κ1) is 12.5. The minimum absolute atomic E-state index is 0.0719. The molecule has 0 saturated heterocycles. The summed E-state index contributed by atoms with van der Waals surface area (Å²) in [6, 6.07) is 4.22. The summed E-state index contributed by atoms with van der Waals surface area (Å²) in [4.78, 5) is 4.43. The topological polar surface area (TPSA) is 48.1 Å². The van der Waals surface area contributed by atoms with Crippen LogP contribution in [0.2, 0.25) is 0 Å². The molecule has 3 nitrogen and oxygen atoms in total. The second-order valence-electron chi connectivity index (χ2n) is 3.65. The van der Waals surface area contributed by atoms with Crippen LogP contribution in [0.15, 0.2) is 17.2 Å². The lowest BCUT2D eigenvalue weighted by atomic mass is 10.3. The molecule has 0 radical (unpaired) electrons. The van der Waals surface area contributed by atoms with E-state index in [9.17, 15) is 0 Å². The third-order valence-electron chi connectivity index (χ3n) is 1.90. The first-order chi connectivity index (χ1) is 7.11. The Labute approximate surface area is 95.4 Å². The summed E-state index contributed by atoms with van der Waals surface area (Å²) in [7, 11) is 1.67. The van der Waals surface area contributed by atoms with Gasteiger partial charge in [-0.25, -0.2) is 4.98 Å². The van der Waals surface area contributed by atoms with Gasteiger partial charge in [0.1, 0.15) is 0 Å². The highest BCUT2D eigenvalue weighted by molar-refractivity contribution is 7.99. The van der Waals surface area contributed by atoms with Gasteiger partial charge in [0.2, 0.25) is 0 Å². The molecule has 1 unspecified atom stereocenters. The molecule has 0 aliphatic heterocycles. The fraction of sp³-hybridized carbons (Fsp3) is 0.545. The quantitative estimate of drug-likeness (QED) is 0.777. The standard InChI is InChI=1S/C11H18N2OS/c1-8-4-9(2)13-11(5-8)15-7-10(12)6-14-3/h4-5,10H,6-7,12H2,1-3H3. The van der Waals surface area contributed by atoms with E-state index in [2.05, 4.69) is 24.0 Å². The second kappa shape index (κ2) is 6.10. The van der Waals surface area contributed by atoms with Crippen molar-refractivity contribution in [3.8, 4) is 0 Å². The van der Waals surface area contributed by atoms with Crippen molar-refractivity contribution in [3.63, 3.8) is 0 Å². The summed E-state index contributed by atoms with van der Waals surface area (Å²) in [6.45, 7) is 4.68. The van der Waals surface area contributed by atoms with Gasteiger partial charge in [-0.05, 0) is 31.5 Å². The highest BCUT2D eigenvalue weighted by atomic mass is 32.2. The number of methoxy groups -OCH3 is 1. The lowest BCUT2D eigenvalue weighted by Crippen LogP contribution is -2.28. The van der Waals surface area contributed by atoms with Crippen LogP contribution in [-0.4, -0.2) is 30.5 Å². The number of nitrogens with zero attached hydrogens (tertiary/aromatic N) is 1. The number of hydrogen-bond acceptors (Lipinski definition) is 4. The Morgan fingerprint density at radius 1 is 1.47 bits per heavy atom. The van der Waals surface area contributed by atoms with Crippen molar-refractivity contribution in [3.05, 3.63) is 23.4 Å². The van der Waals surface area contributed by atoms with E-state index in [4.69, 9.17) is 10.5 Å². The predicted octanol–water partition coefficient (Wildman–Crippen LogP) is 1.76. The van der Waals surface area contributed by atoms with Gasteiger partial charge in [-0.3, -0.25) is 0 Å². The molecular formula is C11H18N2OS. The Morgan fingerprint density at radius 3 is 2.80 bits per heavy atom. The van der Waals surface area contributed by atoms with Crippen molar-refractivity contribution >= 4 is 11.8 Å². The largest absolute Gasteiger partial charge is 0.383 e. The number of thioether (sulfide) groups is 1. The van der Waals surface area contributed by atoms with Crippen LogP contribution in [0.4, 0.5) is 0 Å². The van der Waals surface area contributed by atoms with Gasteiger partial charge in [-0.1, -0.05) is 0 Å². The first-order valence-electron chi connectivity index (χ1n) is 4.94. The average molecular weight is 226 g/mol. The summed E-state index contributed by atoms with van der Waals surface area (Å²) >= 11 is 1.68. The smallest absolute Gasteiger partial charge is 0.0966 e. The van der Waals surface area contributed by atoms with E-state index >= 15 is 0 Å². The number of hydrogen-bond donors (Lipinski definition) is 1. The molecule has 2 N–H and O–H groups in total. The lowest BCUT2D eigenvalue weighted by molar-refractivity contribution is 0.186. The van der Waals surface area contributed by atoms with Gasteiger partial charge < -0.3 is 10.5 Å². The normalized spacial score (nSPS) is 12.8. The number of aromatic nitrogens is 1. The minimum Gasteiger partial charge on any atom is -0.383 e. The maximum atomic E-state index is 5.83. The average Bonchev–Trinajstić information content (AvgIpc) is 2.14. The van der Waals surface area contributed by atoms with Gasteiger partial charge in [0.15, 0.2) is 0 Å². The predicted molar refractivity (Wildman–Crippen MR) is 64.3 cm³/mol. The van der Waals surface area contributed by atoms with Gasteiger partial charge in [-0.15, -0.1) is 11.8 Å². The summed E-state index contributed by atoms with van der Waals surface area (Å²) < 4.78 is 4.98. The molecule has 0 saturated carbocycles. The van der Waals surface area contributed by atoms with Crippen LogP contribution in [0.1, 0.15) is 11.3 Å². The molecule has 0 amide bonds. The number of rotatable bonds is 5. The van der Waals surface area contributed by atoms with Crippen molar-refractivity contribution < 1.29 is 4.74 Å². The van der Waals surface area contributed by atoms with Crippen LogP contribution in [0, 0.1) is 13.8 Å². The molecule has 1 heterocycles. The fourth-order valence-corrected chi connectivity index (χ4v) is 2.29. The van der Waals surface area contributed by atoms with E-state index < -0.39 is 0 Å². The number of pyridine rings is 1. The Kier molecular flexibility index (Phi) is 5.08. The van der Waals surface area contributed by atoms with E-state index in [1.807, 2.05) is 6.92 Å². The van der Waals surface area contributed by atoms with Crippen LogP contribution in [-0.2, 0) is 4.74 Å². The van der Waals surface area contributed by atoms with Crippen LogP contribution >= 0.6 is 11.8 Å². The highest BCUT2D eigenvalue weighted by Crippen LogP contribution is 2.18. The molecule has 1 atom stereocenters. The van der Waals surface area contributed by atoms with Crippen molar-refractivity contribution in [2.24, 2.45) is 5.73 Å². The maximum absolute atomic E-state index is 5.83. The van der Waals surface area contributed by atoms with Gasteiger partial charge in [0.05, 0.1) is 11.6 Å². The van der Waals surface area contributed by atoms with Gasteiger partial charge in [-0.2, -0.15) is 0 Å². The van der Waals surface area contributed by atoms with Crippen LogP contribution in [0.25, 0.3) is 0 Å². The Morgan fingerprint density at radius 2 is 2.20 bits per heavy atom. The van der Waals surface area contributed by atoms with Crippen molar-refractivity contribution in [1.82, 2.24) is 4.98 Å². The zero-order valence-electron chi connectivity index (χ0n) is 9.49. The molecule has 1 aromatic heterocycles. The molecule has 15 heavy (non-hydrogen) atoms. The van der Waals surface area contributed by atoms with E-state index in [0.29, 0.717) is 6.61 Å². The summed E-state index contributed by atoms with van der Waals surface area (Å²) in [6.07, 6.45) is 0. The third-order valence-corrected chi connectivity index (χ3v) is 3.00. The number of ether oxygens (including phenoxy) is 1. The van der Waals surface area contributed by atoms with Crippen LogP contribution in [0.5, 0.6) is 0 Å². The van der Waals surface area contributed by atoms with Gasteiger partial charge in [0.25, 0.3) is 0 Å². The zero-order valence-corrected chi connectivity index (χ0v) is 10.3. The monoisotopic (exact) mass is 226 g/mol. The number of aryl methyl sites for hydroxylation is 2.